The van der Waals surface area contributed by atoms with Gasteiger partial charge in [0.25, 0.3) is 0 Å². The molecule has 7 heteroatoms. The Morgan fingerprint density at radius 3 is 2.29 bits per heavy atom. The van der Waals surface area contributed by atoms with Crippen LogP contribution in [0.4, 0.5) is 0 Å². The summed E-state index contributed by atoms with van der Waals surface area (Å²) >= 11 is 18.3. The van der Waals surface area contributed by atoms with Crippen molar-refractivity contribution in [3.05, 3.63) is 68.7 Å². The molecule has 0 aliphatic heterocycles. The van der Waals surface area contributed by atoms with Crippen LogP contribution in [0.15, 0.2) is 42.5 Å². The van der Waals surface area contributed by atoms with Crippen molar-refractivity contribution in [2.75, 3.05) is 0 Å². The molecule has 166 valence electrons. The molecule has 0 spiro atoms. The molecule has 2 aromatic rings. The zero-order chi connectivity index (χ0) is 22.4. The zero-order valence-electron chi connectivity index (χ0n) is 17.5. The first-order valence-electron chi connectivity index (χ1n) is 10.6. The molecular formula is C24H27Cl3N2O2. The van der Waals surface area contributed by atoms with Gasteiger partial charge < -0.3 is 10.2 Å². The fraction of sp³-hybridized carbons (Fsp3) is 0.417. The first kappa shape index (κ1) is 23.9. The number of amides is 2. The number of nitrogens with zero attached hydrogens (tertiary/aromatic N) is 1. The molecule has 1 atom stereocenters. The Hall–Kier alpha value is -1.75. The molecule has 1 aliphatic carbocycles. The summed E-state index contributed by atoms with van der Waals surface area (Å²) in [5, 5.41) is 4.74. The highest BCUT2D eigenvalue weighted by Gasteiger charge is 2.28. The van der Waals surface area contributed by atoms with E-state index in [1.54, 1.807) is 42.2 Å². The summed E-state index contributed by atoms with van der Waals surface area (Å²) in [5.74, 6) is -0.291. The Balaban J connectivity index is 1.78. The number of hydrogen-bond acceptors (Lipinski definition) is 2. The predicted octanol–water partition coefficient (Wildman–Crippen LogP) is 6.06. The number of hydrogen-bond donors (Lipinski definition) is 1. The van der Waals surface area contributed by atoms with Crippen LogP contribution < -0.4 is 5.32 Å². The average molecular weight is 482 g/mol. The van der Waals surface area contributed by atoms with Gasteiger partial charge in [0.1, 0.15) is 6.04 Å². The molecule has 0 unspecified atom stereocenters. The highest BCUT2D eigenvalue weighted by Crippen LogP contribution is 2.24. The van der Waals surface area contributed by atoms with Crippen molar-refractivity contribution < 1.29 is 9.59 Å². The number of nitrogens with one attached hydrogen (secondary N) is 1. The molecule has 0 bridgehead atoms. The topological polar surface area (TPSA) is 49.4 Å². The lowest BCUT2D eigenvalue weighted by molar-refractivity contribution is -0.140. The van der Waals surface area contributed by atoms with Crippen LogP contribution in [0.25, 0.3) is 0 Å². The van der Waals surface area contributed by atoms with Gasteiger partial charge in [0.05, 0.1) is 6.42 Å². The first-order valence-corrected chi connectivity index (χ1v) is 11.7. The summed E-state index contributed by atoms with van der Waals surface area (Å²) in [5.41, 5.74) is 1.58. The van der Waals surface area contributed by atoms with Crippen molar-refractivity contribution in [1.82, 2.24) is 10.2 Å². The van der Waals surface area contributed by atoms with Crippen LogP contribution in [0, 0.1) is 0 Å². The largest absolute Gasteiger partial charge is 0.352 e. The minimum Gasteiger partial charge on any atom is -0.352 e. The first-order chi connectivity index (χ1) is 14.8. The van der Waals surface area contributed by atoms with Crippen LogP contribution in [-0.2, 0) is 22.6 Å². The maximum atomic E-state index is 13.3. The van der Waals surface area contributed by atoms with Crippen molar-refractivity contribution in [3.63, 3.8) is 0 Å². The van der Waals surface area contributed by atoms with Gasteiger partial charge in [0.2, 0.25) is 11.8 Å². The van der Waals surface area contributed by atoms with Crippen molar-refractivity contribution in [2.24, 2.45) is 0 Å². The van der Waals surface area contributed by atoms with E-state index in [0.29, 0.717) is 15.1 Å². The maximum Gasteiger partial charge on any atom is 0.242 e. The minimum atomic E-state index is -0.631. The maximum absolute atomic E-state index is 13.3. The van der Waals surface area contributed by atoms with Crippen molar-refractivity contribution >= 4 is 46.6 Å². The molecule has 1 N–H and O–H groups in total. The van der Waals surface area contributed by atoms with E-state index in [4.69, 9.17) is 34.8 Å². The van der Waals surface area contributed by atoms with Crippen molar-refractivity contribution in [3.8, 4) is 0 Å². The Bertz CT molecular complexity index is 912. The third-order valence-electron chi connectivity index (χ3n) is 5.74. The fourth-order valence-corrected chi connectivity index (χ4v) is 4.46. The van der Waals surface area contributed by atoms with E-state index in [9.17, 15) is 9.59 Å². The van der Waals surface area contributed by atoms with E-state index in [-0.39, 0.29) is 30.8 Å². The molecule has 3 rings (SSSR count). The van der Waals surface area contributed by atoms with E-state index < -0.39 is 6.04 Å². The second-order valence-electron chi connectivity index (χ2n) is 8.08. The molecule has 2 amide bonds. The Kier molecular flexibility index (Phi) is 8.65. The van der Waals surface area contributed by atoms with Crippen molar-refractivity contribution in [2.45, 2.75) is 64.1 Å². The lowest BCUT2D eigenvalue weighted by Crippen LogP contribution is -2.50. The predicted molar refractivity (Wildman–Crippen MR) is 127 cm³/mol. The SMILES string of the molecule is C[C@H](C(=O)NC1CCCCC1)N(Cc1ccc(Cl)cc1Cl)C(=O)Cc1ccc(Cl)cc1. The molecule has 4 nitrogen and oxygen atoms in total. The molecular weight excluding hydrogens is 455 g/mol. The molecule has 1 aliphatic rings. The molecule has 1 saturated carbocycles. The number of carbonyl (C=O) groups is 2. The van der Waals surface area contributed by atoms with Gasteiger partial charge in [0.15, 0.2) is 0 Å². The smallest absolute Gasteiger partial charge is 0.242 e. The highest BCUT2D eigenvalue weighted by atomic mass is 35.5. The standard InChI is InChI=1S/C24H27Cl3N2O2/c1-16(24(31)28-21-5-3-2-4-6-21)29(15-18-9-12-20(26)14-22(18)27)23(30)13-17-7-10-19(25)11-8-17/h7-12,14,16,21H,2-6,13,15H2,1H3,(H,28,31)/t16-/m1/s1. The molecule has 1 fully saturated rings. The summed E-state index contributed by atoms with van der Waals surface area (Å²) in [6.07, 6.45) is 5.60. The lowest BCUT2D eigenvalue weighted by atomic mass is 9.95. The molecule has 31 heavy (non-hydrogen) atoms. The number of benzene rings is 2. The molecule has 2 aromatic carbocycles. The third-order valence-corrected chi connectivity index (χ3v) is 6.58. The Labute approximate surface area is 198 Å². The van der Waals surface area contributed by atoms with E-state index in [1.165, 1.54) is 6.42 Å². The summed E-state index contributed by atoms with van der Waals surface area (Å²) in [6, 6.07) is 11.9. The lowest BCUT2D eigenvalue weighted by Gasteiger charge is -2.31. The van der Waals surface area contributed by atoms with Gasteiger partial charge in [-0.2, -0.15) is 0 Å². The van der Waals surface area contributed by atoms with Crippen molar-refractivity contribution in [1.29, 1.82) is 0 Å². The van der Waals surface area contributed by atoms with Gasteiger partial charge in [-0.3, -0.25) is 9.59 Å². The Morgan fingerprint density at radius 1 is 1.00 bits per heavy atom. The number of rotatable bonds is 7. The van der Waals surface area contributed by atoms with E-state index >= 15 is 0 Å². The van der Waals surface area contributed by atoms with E-state index in [2.05, 4.69) is 5.32 Å². The summed E-state index contributed by atoms with van der Waals surface area (Å²) in [6.45, 7) is 1.99. The Morgan fingerprint density at radius 2 is 1.65 bits per heavy atom. The summed E-state index contributed by atoms with van der Waals surface area (Å²) < 4.78 is 0. The molecule has 0 saturated heterocycles. The summed E-state index contributed by atoms with van der Waals surface area (Å²) in [4.78, 5) is 27.9. The second-order valence-corrected chi connectivity index (χ2v) is 9.36. The monoisotopic (exact) mass is 480 g/mol. The highest BCUT2D eigenvalue weighted by molar-refractivity contribution is 6.35. The number of halogens is 3. The number of carbonyl (C=O) groups excluding carboxylic acids is 2. The third kappa shape index (κ3) is 6.86. The van der Waals surface area contributed by atoms with Crippen LogP contribution in [0.1, 0.15) is 50.2 Å². The minimum absolute atomic E-state index is 0.138. The van der Waals surface area contributed by atoms with E-state index in [0.717, 1.165) is 36.8 Å². The van der Waals surface area contributed by atoms with Gasteiger partial charge in [-0.05, 0) is 55.2 Å². The molecule has 0 aromatic heterocycles. The zero-order valence-corrected chi connectivity index (χ0v) is 19.8. The normalized spacial score (nSPS) is 15.4. The van der Waals surface area contributed by atoms with Gasteiger partial charge in [-0.1, -0.05) is 72.3 Å². The fourth-order valence-electron chi connectivity index (χ4n) is 3.86. The van der Waals surface area contributed by atoms with Crippen LogP contribution in [-0.4, -0.2) is 28.8 Å². The van der Waals surface area contributed by atoms with Gasteiger partial charge >= 0.3 is 0 Å². The van der Waals surface area contributed by atoms with Gasteiger partial charge in [-0.15, -0.1) is 0 Å². The average Bonchev–Trinajstić information content (AvgIpc) is 2.75. The van der Waals surface area contributed by atoms with E-state index in [1.807, 2.05) is 12.1 Å². The van der Waals surface area contributed by atoms with Gasteiger partial charge in [0, 0.05) is 27.7 Å². The second kappa shape index (κ2) is 11.2. The van der Waals surface area contributed by atoms with Crippen LogP contribution >= 0.6 is 34.8 Å². The molecule has 0 heterocycles. The van der Waals surface area contributed by atoms with Crippen LogP contribution in [0.3, 0.4) is 0 Å². The molecule has 0 radical (unpaired) electrons. The van der Waals surface area contributed by atoms with Gasteiger partial charge in [-0.25, -0.2) is 0 Å². The van der Waals surface area contributed by atoms with Crippen LogP contribution in [0.2, 0.25) is 15.1 Å². The van der Waals surface area contributed by atoms with Crippen LogP contribution in [0.5, 0.6) is 0 Å². The quantitative estimate of drug-likeness (QED) is 0.523. The summed E-state index contributed by atoms with van der Waals surface area (Å²) in [7, 11) is 0.